The summed E-state index contributed by atoms with van der Waals surface area (Å²) in [6, 6.07) is 0. The highest BCUT2D eigenvalue weighted by molar-refractivity contribution is 5.74. The number of hydrogen-bond acceptors (Lipinski definition) is 8. The first-order valence-electron chi connectivity index (χ1n) is 20.5. The molecule has 0 aliphatic rings. The Morgan fingerprint density at radius 2 is 0.588 bits per heavy atom. The van der Waals surface area contributed by atoms with E-state index in [1.807, 2.05) is 0 Å². The van der Waals surface area contributed by atoms with E-state index in [2.05, 4.69) is 49.0 Å². The van der Waals surface area contributed by atoms with E-state index in [1.54, 1.807) is 0 Å². The van der Waals surface area contributed by atoms with Gasteiger partial charge in [-0.2, -0.15) is 0 Å². The van der Waals surface area contributed by atoms with Crippen LogP contribution in [0.2, 0.25) is 0 Å². The van der Waals surface area contributed by atoms with Crippen LogP contribution in [-0.4, -0.2) is 81.2 Å². The first-order chi connectivity index (χ1) is 24.6. The van der Waals surface area contributed by atoms with Crippen LogP contribution >= 0.6 is 0 Å². The molecule has 0 spiro atoms. The van der Waals surface area contributed by atoms with Gasteiger partial charge < -0.3 is 43.6 Å². The Labute approximate surface area is 313 Å². The molecular weight excluding hydrogens is 646 g/mol. The number of primary amides is 3. The minimum Gasteiger partial charge on any atom is -0.481 e. The first-order valence-corrected chi connectivity index (χ1v) is 20.5. The zero-order chi connectivity index (χ0) is 39.1. The number of rotatable bonds is 35. The van der Waals surface area contributed by atoms with Gasteiger partial charge in [-0.15, -0.1) is 0 Å². The number of aliphatic carboxylic acids is 1. The summed E-state index contributed by atoms with van der Waals surface area (Å²) in [6.07, 6.45) is 23.7. The van der Waals surface area contributed by atoms with Gasteiger partial charge in [0.25, 0.3) is 0 Å². The molecule has 12 heteroatoms. The van der Waals surface area contributed by atoms with Gasteiger partial charge in [-0.1, -0.05) is 85.5 Å². The molecule has 0 aromatic heterocycles. The molecule has 0 fully saturated rings. The Kier molecular flexibility index (Phi) is 56.7. The molecule has 0 rings (SSSR count). The van der Waals surface area contributed by atoms with Gasteiger partial charge in [-0.05, 0) is 117 Å². The predicted molar refractivity (Wildman–Crippen MR) is 216 cm³/mol. The van der Waals surface area contributed by atoms with Crippen LogP contribution in [0.3, 0.4) is 0 Å². The van der Waals surface area contributed by atoms with Crippen LogP contribution in [0, 0.1) is 0 Å². The summed E-state index contributed by atoms with van der Waals surface area (Å²) >= 11 is 0. The van der Waals surface area contributed by atoms with Crippen LogP contribution in [-0.2, 0) is 19.2 Å². The van der Waals surface area contributed by atoms with Gasteiger partial charge in [0.2, 0.25) is 17.7 Å². The van der Waals surface area contributed by atoms with Crippen LogP contribution in [0.15, 0.2) is 0 Å². The van der Waals surface area contributed by atoms with Gasteiger partial charge in [0, 0.05) is 25.7 Å². The number of carbonyl (C=O) groups excluding carboxylic acids is 3. The summed E-state index contributed by atoms with van der Waals surface area (Å²) in [5.41, 5.74) is 15.0. The van der Waals surface area contributed by atoms with Crippen molar-refractivity contribution in [3.05, 3.63) is 0 Å². The molecule has 0 aliphatic heterocycles. The zero-order valence-electron chi connectivity index (χ0n) is 33.7. The quantitative estimate of drug-likeness (QED) is 0.0364. The topological polar surface area (TPSA) is 215 Å². The van der Waals surface area contributed by atoms with Crippen molar-refractivity contribution in [2.75, 3.05) is 52.4 Å². The van der Waals surface area contributed by atoms with E-state index in [0.29, 0.717) is 19.3 Å². The molecule has 0 aromatic carbocycles. The SMILES string of the molecule is CCCCCNCCCC(=O)O.CCCCCNCCCC(N)=O.CCCCCNCCCCC(N)=O.CCCCCNCCCCCC(N)=O. The van der Waals surface area contributed by atoms with Gasteiger partial charge >= 0.3 is 5.97 Å². The number of carboxylic acid groups (broad SMARTS) is 1. The molecule has 3 amide bonds. The largest absolute Gasteiger partial charge is 0.481 e. The smallest absolute Gasteiger partial charge is 0.303 e. The molecule has 0 saturated heterocycles. The van der Waals surface area contributed by atoms with Crippen molar-refractivity contribution in [3.63, 3.8) is 0 Å². The molecule has 0 aliphatic carbocycles. The van der Waals surface area contributed by atoms with Gasteiger partial charge in [0.15, 0.2) is 0 Å². The molecule has 12 nitrogen and oxygen atoms in total. The Bertz CT molecular complexity index is 702. The second kappa shape index (κ2) is 52.1. The summed E-state index contributed by atoms with van der Waals surface area (Å²) < 4.78 is 0. The third-order valence-corrected chi connectivity index (χ3v) is 7.65. The maximum Gasteiger partial charge on any atom is 0.303 e. The predicted octanol–water partition coefficient (Wildman–Crippen LogP) is 5.90. The molecule has 11 N–H and O–H groups in total. The van der Waals surface area contributed by atoms with Crippen molar-refractivity contribution in [2.45, 2.75) is 175 Å². The minimum absolute atomic E-state index is 0.180. The second-order valence-corrected chi connectivity index (χ2v) is 13.1. The molecule has 0 heterocycles. The number of nitrogens with one attached hydrogen (secondary N) is 4. The standard InChI is InChI=1S/C11H24N2O.C10H22N2O.C9H20N2O.C9H19NO2/c1-2-3-6-9-13-10-7-4-5-8-11(12)14;1-2-3-5-8-12-9-6-4-7-10(11)13;1-2-3-4-7-11-8-5-6-9(10)12;1-2-3-4-7-10-8-5-6-9(11)12/h13H,2-10H2,1H3,(H2,12,14);12H,2-9H2,1H3,(H2,11,13);11H,2-8H2,1H3,(H2,10,12);10H,2-8H2,1H3,(H,11,12). The maximum absolute atomic E-state index is 10.4. The Morgan fingerprint density at radius 3 is 0.882 bits per heavy atom. The lowest BCUT2D eigenvalue weighted by atomic mass is 10.2. The number of carboxylic acids is 1. The zero-order valence-corrected chi connectivity index (χ0v) is 33.7. The molecule has 0 saturated carbocycles. The molecule has 0 bridgehead atoms. The monoisotopic (exact) mass is 732 g/mol. The summed E-state index contributed by atoms with van der Waals surface area (Å²) in [6.45, 7) is 16.9. The Hall–Kier alpha value is -2.28. The summed E-state index contributed by atoms with van der Waals surface area (Å²) in [5.74, 6) is -1.28. The third kappa shape index (κ3) is 74.0. The van der Waals surface area contributed by atoms with E-state index in [4.69, 9.17) is 22.3 Å². The van der Waals surface area contributed by atoms with Crippen LogP contribution < -0.4 is 38.5 Å². The van der Waals surface area contributed by atoms with Crippen LogP contribution in [0.25, 0.3) is 0 Å². The lowest BCUT2D eigenvalue weighted by Gasteiger charge is -2.03. The van der Waals surface area contributed by atoms with Crippen LogP contribution in [0.5, 0.6) is 0 Å². The van der Waals surface area contributed by atoms with E-state index in [1.165, 1.54) is 77.0 Å². The highest BCUT2D eigenvalue weighted by Gasteiger charge is 1.97. The van der Waals surface area contributed by atoms with Crippen LogP contribution in [0.1, 0.15) is 175 Å². The van der Waals surface area contributed by atoms with Crippen molar-refractivity contribution >= 4 is 23.7 Å². The number of carbonyl (C=O) groups is 4. The van der Waals surface area contributed by atoms with E-state index in [9.17, 15) is 19.2 Å². The average molecular weight is 732 g/mol. The van der Waals surface area contributed by atoms with Crippen molar-refractivity contribution < 1.29 is 24.3 Å². The number of hydrogen-bond donors (Lipinski definition) is 8. The van der Waals surface area contributed by atoms with E-state index >= 15 is 0 Å². The molecule has 0 aromatic rings. The number of unbranched alkanes of at least 4 members (excludes halogenated alkanes) is 11. The van der Waals surface area contributed by atoms with Gasteiger partial charge in [-0.25, -0.2) is 0 Å². The molecule has 0 atom stereocenters. The molecule has 0 unspecified atom stereocenters. The van der Waals surface area contributed by atoms with Crippen molar-refractivity contribution in [2.24, 2.45) is 17.2 Å². The van der Waals surface area contributed by atoms with E-state index < -0.39 is 5.97 Å². The van der Waals surface area contributed by atoms with Gasteiger partial charge in [0.05, 0.1) is 0 Å². The summed E-state index contributed by atoms with van der Waals surface area (Å²) in [7, 11) is 0. The normalized spacial score (nSPS) is 10.2. The third-order valence-electron chi connectivity index (χ3n) is 7.65. The minimum atomic E-state index is -0.703. The summed E-state index contributed by atoms with van der Waals surface area (Å²) in [4.78, 5) is 41.2. The maximum atomic E-state index is 10.4. The Balaban J connectivity index is -0.000000289. The number of amides is 3. The van der Waals surface area contributed by atoms with Crippen molar-refractivity contribution in [1.29, 1.82) is 0 Å². The Morgan fingerprint density at radius 1 is 0.353 bits per heavy atom. The van der Waals surface area contributed by atoms with E-state index in [0.717, 1.165) is 97.3 Å². The second-order valence-electron chi connectivity index (χ2n) is 13.1. The molecule has 0 radical (unpaired) electrons. The lowest BCUT2D eigenvalue weighted by Crippen LogP contribution is -2.19. The molecule has 51 heavy (non-hydrogen) atoms. The fourth-order valence-electron chi connectivity index (χ4n) is 4.53. The van der Waals surface area contributed by atoms with Crippen molar-refractivity contribution in [3.8, 4) is 0 Å². The fraction of sp³-hybridized carbons (Fsp3) is 0.897. The lowest BCUT2D eigenvalue weighted by molar-refractivity contribution is -0.137. The van der Waals surface area contributed by atoms with Gasteiger partial charge in [0.1, 0.15) is 0 Å². The highest BCUT2D eigenvalue weighted by atomic mass is 16.4. The fourth-order valence-corrected chi connectivity index (χ4v) is 4.53. The molecule has 306 valence electrons. The van der Waals surface area contributed by atoms with E-state index in [-0.39, 0.29) is 24.1 Å². The highest BCUT2D eigenvalue weighted by Crippen LogP contribution is 1.98. The molecular formula is C39H85N7O5. The summed E-state index contributed by atoms with van der Waals surface area (Å²) in [5, 5.41) is 21.5. The number of nitrogens with two attached hydrogens (primary N) is 3. The average Bonchev–Trinajstić information content (AvgIpc) is 3.08. The van der Waals surface area contributed by atoms with Crippen LogP contribution in [0.4, 0.5) is 0 Å². The van der Waals surface area contributed by atoms with Gasteiger partial charge in [-0.3, -0.25) is 19.2 Å². The van der Waals surface area contributed by atoms with Crippen molar-refractivity contribution in [1.82, 2.24) is 21.3 Å². The first kappa shape index (κ1) is 55.5.